The summed E-state index contributed by atoms with van der Waals surface area (Å²) < 4.78 is 5.41. The first-order valence-electron chi connectivity index (χ1n) is 8.33. The van der Waals surface area contributed by atoms with Crippen molar-refractivity contribution in [1.29, 1.82) is 0 Å². The van der Waals surface area contributed by atoms with Gasteiger partial charge in [-0.3, -0.25) is 9.88 Å². The van der Waals surface area contributed by atoms with Crippen LogP contribution in [0.15, 0.2) is 54.9 Å². The highest BCUT2D eigenvalue weighted by Gasteiger charge is 2.28. The number of aromatic nitrogens is 1. The molecule has 1 amide bonds. The van der Waals surface area contributed by atoms with Crippen molar-refractivity contribution in [3.63, 3.8) is 0 Å². The summed E-state index contributed by atoms with van der Waals surface area (Å²) in [7, 11) is 2.12. The number of carbonyl (C=O) groups excluding carboxylic acids is 1. The highest BCUT2D eigenvalue weighted by molar-refractivity contribution is 5.70. The molecule has 0 N–H and O–H groups in total. The van der Waals surface area contributed by atoms with Crippen LogP contribution in [0.1, 0.15) is 12.0 Å². The van der Waals surface area contributed by atoms with Gasteiger partial charge in [0.05, 0.1) is 6.20 Å². The molecule has 1 saturated heterocycles. The first-order chi connectivity index (χ1) is 11.7. The molecule has 5 heteroatoms. The molecule has 0 spiro atoms. The second-order valence-electron chi connectivity index (χ2n) is 6.16. The Kier molecular flexibility index (Phi) is 5.43. The number of aryl methyl sites for hydroxylation is 1. The zero-order valence-corrected chi connectivity index (χ0v) is 14.0. The topological polar surface area (TPSA) is 45.7 Å². The number of carbonyl (C=O) groups is 1. The molecule has 2 aromatic rings. The Balaban J connectivity index is 1.55. The molecule has 0 aliphatic carbocycles. The average molecular weight is 325 g/mol. The van der Waals surface area contributed by atoms with E-state index in [0.29, 0.717) is 24.9 Å². The van der Waals surface area contributed by atoms with Crippen molar-refractivity contribution in [2.45, 2.75) is 18.9 Å². The van der Waals surface area contributed by atoms with Crippen molar-refractivity contribution in [2.75, 3.05) is 26.7 Å². The molecular weight excluding hydrogens is 302 g/mol. The molecule has 1 atom stereocenters. The van der Waals surface area contributed by atoms with Gasteiger partial charge in [0.2, 0.25) is 0 Å². The minimum absolute atomic E-state index is 0.291. The van der Waals surface area contributed by atoms with Crippen LogP contribution in [0.25, 0.3) is 0 Å². The molecular formula is C19H23N3O2. The molecule has 126 valence electrons. The van der Waals surface area contributed by atoms with E-state index in [9.17, 15) is 4.79 Å². The Morgan fingerprint density at radius 1 is 1.21 bits per heavy atom. The number of amides is 1. The van der Waals surface area contributed by atoms with E-state index in [1.807, 2.05) is 6.07 Å². The third-order valence-electron chi connectivity index (χ3n) is 4.48. The van der Waals surface area contributed by atoms with Crippen LogP contribution in [0.4, 0.5) is 4.79 Å². The first kappa shape index (κ1) is 16.5. The third kappa shape index (κ3) is 4.32. The van der Waals surface area contributed by atoms with Gasteiger partial charge in [-0.15, -0.1) is 0 Å². The molecule has 1 aromatic carbocycles. The van der Waals surface area contributed by atoms with Crippen LogP contribution in [0.5, 0.6) is 5.75 Å². The normalized spacial score (nSPS) is 18.4. The molecule has 1 fully saturated rings. The molecule has 3 rings (SSSR count). The standard InChI is InChI=1S/C19H23N3O2/c1-21-12-13-22(19(23)24-18-8-5-11-20-14-18)15-17(21)10-9-16-6-3-2-4-7-16/h2-8,11,14,17H,9-10,12-13,15H2,1H3. The number of likely N-dealkylation sites (N-methyl/N-ethyl adjacent to an activating group) is 1. The Morgan fingerprint density at radius 2 is 2.04 bits per heavy atom. The Morgan fingerprint density at radius 3 is 2.79 bits per heavy atom. The maximum absolute atomic E-state index is 12.4. The number of hydrogen-bond acceptors (Lipinski definition) is 4. The monoisotopic (exact) mass is 325 g/mol. The highest BCUT2D eigenvalue weighted by atomic mass is 16.6. The first-order valence-corrected chi connectivity index (χ1v) is 8.33. The maximum Gasteiger partial charge on any atom is 0.415 e. The number of rotatable bonds is 4. The molecule has 1 aromatic heterocycles. The minimum atomic E-state index is -0.291. The largest absolute Gasteiger partial charge is 0.415 e. The van der Waals surface area contributed by atoms with E-state index < -0.39 is 0 Å². The zero-order chi connectivity index (χ0) is 16.8. The summed E-state index contributed by atoms with van der Waals surface area (Å²) >= 11 is 0. The molecule has 0 bridgehead atoms. The van der Waals surface area contributed by atoms with E-state index in [0.717, 1.165) is 19.4 Å². The lowest BCUT2D eigenvalue weighted by Crippen LogP contribution is -2.54. The number of pyridine rings is 1. The molecule has 1 aliphatic heterocycles. The van der Waals surface area contributed by atoms with Crippen molar-refractivity contribution in [3.8, 4) is 5.75 Å². The summed E-state index contributed by atoms with van der Waals surface area (Å²) in [6, 6.07) is 14.3. The summed E-state index contributed by atoms with van der Waals surface area (Å²) in [6.45, 7) is 2.25. The van der Waals surface area contributed by atoms with Crippen LogP contribution in [-0.4, -0.2) is 53.6 Å². The Hall–Kier alpha value is -2.40. The number of hydrogen-bond donors (Lipinski definition) is 0. The van der Waals surface area contributed by atoms with E-state index in [4.69, 9.17) is 4.74 Å². The van der Waals surface area contributed by atoms with Crippen LogP contribution in [-0.2, 0) is 6.42 Å². The smallest absolute Gasteiger partial charge is 0.409 e. The van der Waals surface area contributed by atoms with Crippen LogP contribution < -0.4 is 4.74 Å². The average Bonchev–Trinajstić information content (AvgIpc) is 2.62. The molecule has 2 heterocycles. The van der Waals surface area contributed by atoms with Crippen LogP contribution in [0.2, 0.25) is 0 Å². The SMILES string of the molecule is CN1CCN(C(=O)Oc2cccnc2)CC1CCc1ccccc1. The fourth-order valence-electron chi connectivity index (χ4n) is 2.97. The van der Waals surface area contributed by atoms with Gasteiger partial charge >= 0.3 is 6.09 Å². The molecule has 5 nitrogen and oxygen atoms in total. The minimum Gasteiger partial charge on any atom is -0.409 e. The Bertz CT molecular complexity index is 648. The fraction of sp³-hybridized carbons (Fsp3) is 0.368. The predicted octanol–water partition coefficient (Wildman–Crippen LogP) is 2.83. The van der Waals surface area contributed by atoms with Crippen molar-refractivity contribution < 1.29 is 9.53 Å². The maximum atomic E-state index is 12.4. The van der Waals surface area contributed by atoms with E-state index in [2.05, 4.69) is 41.2 Å². The molecule has 0 radical (unpaired) electrons. The van der Waals surface area contributed by atoms with Gasteiger partial charge in [0.1, 0.15) is 0 Å². The lowest BCUT2D eigenvalue weighted by atomic mass is 10.0. The van der Waals surface area contributed by atoms with Crippen LogP contribution >= 0.6 is 0 Å². The van der Waals surface area contributed by atoms with Gasteiger partial charge in [-0.05, 0) is 37.6 Å². The van der Waals surface area contributed by atoms with Gasteiger partial charge in [0.25, 0.3) is 0 Å². The Labute approximate surface area is 142 Å². The second-order valence-corrected chi connectivity index (χ2v) is 6.16. The van der Waals surface area contributed by atoms with Gasteiger partial charge < -0.3 is 9.64 Å². The summed E-state index contributed by atoms with van der Waals surface area (Å²) in [6.07, 6.45) is 4.97. The number of benzene rings is 1. The quantitative estimate of drug-likeness (QED) is 0.867. The van der Waals surface area contributed by atoms with E-state index in [1.54, 1.807) is 29.4 Å². The summed E-state index contributed by atoms with van der Waals surface area (Å²) in [5.41, 5.74) is 1.33. The van der Waals surface area contributed by atoms with Crippen molar-refractivity contribution >= 4 is 6.09 Å². The molecule has 24 heavy (non-hydrogen) atoms. The van der Waals surface area contributed by atoms with Gasteiger partial charge in [-0.1, -0.05) is 30.3 Å². The number of nitrogens with zero attached hydrogens (tertiary/aromatic N) is 3. The van der Waals surface area contributed by atoms with E-state index in [1.165, 1.54) is 5.56 Å². The molecule has 0 saturated carbocycles. The molecule has 1 unspecified atom stereocenters. The summed E-state index contributed by atoms with van der Waals surface area (Å²) in [4.78, 5) is 20.4. The van der Waals surface area contributed by atoms with Crippen molar-refractivity contribution in [2.24, 2.45) is 0 Å². The fourth-order valence-corrected chi connectivity index (χ4v) is 2.97. The van der Waals surface area contributed by atoms with E-state index in [-0.39, 0.29) is 6.09 Å². The predicted molar refractivity (Wildman–Crippen MR) is 93.0 cm³/mol. The van der Waals surface area contributed by atoms with Gasteiger partial charge in [-0.2, -0.15) is 0 Å². The van der Waals surface area contributed by atoms with Gasteiger partial charge in [-0.25, -0.2) is 4.79 Å². The van der Waals surface area contributed by atoms with Crippen molar-refractivity contribution in [1.82, 2.24) is 14.8 Å². The van der Waals surface area contributed by atoms with Crippen molar-refractivity contribution in [3.05, 3.63) is 60.4 Å². The zero-order valence-electron chi connectivity index (χ0n) is 14.0. The van der Waals surface area contributed by atoms with Crippen LogP contribution in [0.3, 0.4) is 0 Å². The highest BCUT2D eigenvalue weighted by Crippen LogP contribution is 2.16. The summed E-state index contributed by atoms with van der Waals surface area (Å²) in [5.74, 6) is 0.488. The lowest BCUT2D eigenvalue weighted by molar-refractivity contribution is 0.0841. The van der Waals surface area contributed by atoms with Gasteiger partial charge in [0.15, 0.2) is 5.75 Å². The van der Waals surface area contributed by atoms with E-state index >= 15 is 0 Å². The molecule has 1 aliphatic rings. The van der Waals surface area contributed by atoms with Gasteiger partial charge in [0, 0.05) is 31.9 Å². The lowest BCUT2D eigenvalue weighted by Gasteiger charge is -2.38. The third-order valence-corrected chi connectivity index (χ3v) is 4.48. The number of piperazine rings is 1. The number of ether oxygens (including phenoxy) is 1. The van der Waals surface area contributed by atoms with Crippen LogP contribution in [0, 0.1) is 0 Å². The summed E-state index contributed by atoms with van der Waals surface area (Å²) in [5, 5.41) is 0. The second kappa shape index (κ2) is 7.93.